The molecule has 1 rings (SSSR count). The van der Waals surface area contributed by atoms with Gasteiger partial charge in [-0.05, 0) is 24.5 Å². The number of carbonyl (C=O) groups excluding carboxylic acids is 1. The van der Waals surface area contributed by atoms with Gasteiger partial charge in [0.15, 0.2) is 6.61 Å². The normalized spacial score (nSPS) is 10.5. The average Bonchev–Trinajstić information content (AvgIpc) is 2.35. The maximum atomic E-state index is 11.5. The van der Waals surface area contributed by atoms with Crippen molar-refractivity contribution in [3.05, 3.63) is 24.3 Å². The Bertz CT molecular complexity index is 391. The number of carbonyl (C=O) groups is 1. The smallest absolute Gasteiger partial charge is 0.257 e. The maximum absolute atomic E-state index is 11.5. The SMILES string of the molecule is CC(C)CCCCNC(=O)COc1cccc(N)c1. The molecule has 0 aliphatic rings. The Morgan fingerprint density at radius 1 is 1.37 bits per heavy atom. The van der Waals surface area contributed by atoms with Crippen molar-refractivity contribution in [2.45, 2.75) is 33.1 Å². The molecule has 4 nitrogen and oxygen atoms in total. The number of ether oxygens (including phenoxy) is 1. The lowest BCUT2D eigenvalue weighted by Gasteiger charge is -2.08. The molecule has 0 aliphatic carbocycles. The predicted molar refractivity (Wildman–Crippen MR) is 78.0 cm³/mol. The summed E-state index contributed by atoms with van der Waals surface area (Å²) in [6.45, 7) is 5.16. The van der Waals surface area contributed by atoms with Crippen molar-refractivity contribution in [1.29, 1.82) is 0 Å². The number of hydrogen-bond acceptors (Lipinski definition) is 3. The second kappa shape index (κ2) is 8.40. The van der Waals surface area contributed by atoms with Crippen LogP contribution in [0.4, 0.5) is 5.69 Å². The van der Waals surface area contributed by atoms with E-state index in [9.17, 15) is 4.79 Å². The van der Waals surface area contributed by atoms with Gasteiger partial charge in [0.05, 0.1) is 0 Å². The molecule has 0 radical (unpaired) electrons. The van der Waals surface area contributed by atoms with E-state index in [2.05, 4.69) is 19.2 Å². The van der Waals surface area contributed by atoms with Crippen LogP contribution in [0.2, 0.25) is 0 Å². The Morgan fingerprint density at radius 2 is 2.16 bits per heavy atom. The number of nitrogens with two attached hydrogens (primary N) is 1. The lowest BCUT2D eigenvalue weighted by molar-refractivity contribution is -0.123. The van der Waals surface area contributed by atoms with Crippen molar-refractivity contribution in [2.24, 2.45) is 5.92 Å². The van der Waals surface area contributed by atoms with Crippen LogP contribution in [0.1, 0.15) is 33.1 Å². The average molecular weight is 264 g/mol. The summed E-state index contributed by atoms with van der Waals surface area (Å²) in [6.07, 6.45) is 3.37. The van der Waals surface area contributed by atoms with E-state index in [1.165, 1.54) is 6.42 Å². The van der Waals surface area contributed by atoms with Gasteiger partial charge in [0, 0.05) is 18.3 Å². The summed E-state index contributed by atoms with van der Waals surface area (Å²) in [7, 11) is 0. The van der Waals surface area contributed by atoms with Gasteiger partial charge in [-0.2, -0.15) is 0 Å². The molecule has 1 amide bonds. The Labute approximate surface area is 115 Å². The maximum Gasteiger partial charge on any atom is 0.257 e. The van der Waals surface area contributed by atoms with Gasteiger partial charge in [0.2, 0.25) is 0 Å². The summed E-state index contributed by atoms with van der Waals surface area (Å²) in [5, 5.41) is 2.85. The number of nitrogens with one attached hydrogen (secondary N) is 1. The molecular weight excluding hydrogens is 240 g/mol. The number of anilines is 1. The Kier molecular flexibility index (Phi) is 6.79. The molecule has 0 heterocycles. The van der Waals surface area contributed by atoms with Crippen molar-refractivity contribution >= 4 is 11.6 Å². The molecule has 1 aromatic carbocycles. The number of hydrogen-bond donors (Lipinski definition) is 2. The number of unbranched alkanes of at least 4 members (excludes halogenated alkanes) is 1. The first-order valence-corrected chi connectivity index (χ1v) is 6.83. The van der Waals surface area contributed by atoms with E-state index < -0.39 is 0 Å². The van der Waals surface area contributed by atoms with E-state index in [0.717, 1.165) is 18.8 Å². The molecule has 106 valence electrons. The monoisotopic (exact) mass is 264 g/mol. The minimum atomic E-state index is -0.0908. The molecular formula is C15H24N2O2. The number of rotatable bonds is 8. The van der Waals surface area contributed by atoms with Crippen molar-refractivity contribution in [2.75, 3.05) is 18.9 Å². The molecule has 4 heteroatoms. The van der Waals surface area contributed by atoms with Crippen LogP contribution in [0.25, 0.3) is 0 Å². The molecule has 1 aromatic rings. The first-order chi connectivity index (χ1) is 9.08. The summed E-state index contributed by atoms with van der Waals surface area (Å²) in [4.78, 5) is 11.5. The fourth-order valence-corrected chi connectivity index (χ4v) is 1.71. The standard InChI is InChI=1S/C15H24N2O2/c1-12(2)6-3-4-9-17-15(18)11-19-14-8-5-7-13(16)10-14/h5,7-8,10,12H,3-4,6,9,11,16H2,1-2H3,(H,17,18). The zero-order chi connectivity index (χ0) is 14.1. The highest BCUT2D eigenvalue weighted by Gasteiger charge is 2.02. The van der Waals surface area contributed by atoms with E-state index >= 15 is 0 Å². The summed E-state index contributed by atoms with van der Waals surface area (Å²) < 4.78 is 5.35. The third kappa shape index (κ3) is 7.34. The van der Waals surface area contributed by atoms with Gasteiger partial charge < -0.3 is 15.8 Å². The fourth-order valence-electron chi connectivity index (χ4n) is 1.71. The van der Waals surface area contributed by atoms with E-state index in [1.54, 1.807) is 24.3 Å². The molecule has 0 saturated carbocycles. The molecule has 0 aliphatic heterocycles. The first-order valence-electron chi connectivity index (χ1n) is 6.83. The minimum absolute atomic E-state index is 0.0354. The van der Waals surface area contributed by atoms with Crippen molar-refractivity contribution in [1.82, 2.24) is 5.32 Å². The second-order valence-corrected chi connectivity index (χ2v) is 5.10. The van der Waals surface area contributed by atoms with Crippen LogP contribution in [-0.2, 0) is 4.79 Å². The van der Waals surface area contributed by atoms with Crippen LogP contribution >= 0.6 is 0 Å². The van der Waals surface area contributed by atoms with E-state index in [0.29, 0.717) is 18.0 Å². The van der Waals surface area contributed by atoms with Crippen molar-refractivity contribution in [3.63, 3.8) is 0 Å². The van der Waals surface area contributed by atoms with Crippen LogP contribution in [0.5, 0.6) is 5.75 Å². The molecule has 0 spiro atoms. The lowest BCUT2D eigenvalue weighted by Crippen LogP contribution is -2.29. The van der Waals surface area contributed by atoms with Gasteiger partial charge in [0.1, 0.15) is 5.75 Å². The highest BCUT2D eigenvalue weighted by atomic mass is 16.5. The van der Waals surface area contributed by atoms with E-state index in [4.69, 9.17) is 10.5 Å². The summed E-state index contributed by atoms with van der Waals surface area (Å²) in [5.41, 5.74) is 6.25. The summed E-state index contributed by atoms with van der Waals surface area (Å²) >= 11 is 0. The Hall–Kier alpha value is -1.71. The van der Waals surface area contributed by atoms with Crippen LogP contribution in [-0.4, -0.2) is 19.1 Å². The highest BCUT2D eigenvalue weighted by molar-refractivity contribution is 5.77. The Morgan fingerprint density at radius 3 is 2.84 bits per heavy atom. The summed E-state index contributed by atoms with van der Waals surface area (Å²) in [6, 6.07) is 7.07. The van der Waals surface area contributed by atoms with E-state index in [1.807, 2.05) is 0 Å². The highest BCUT2D eigenvalue weighted by Crippen LogP contribution is 2.13. The zero-order valence-electron chi connectivity index (χ0n) is 11.8. The third-order valence-electron chi connectivity index (χ3n) is 2.76. The summed E-state index contributed by atoms with van der Waals surface area (Å²) in [5.74, 6) is 1.25. The van der Waals surface area contributed by atoms with Crippen molar-refractivity contribution in [3.8, 4) is 5.75 Å². The van der Waals surface area contributed by atoms with Gasteiger partial charge in [0.25, 0.3) is 5.91 Å². The van der Waals surface area contributed by atoms with Gasteiger partial charge in [-0.3, -0.25) is 4.79 Å². The number of nitrogen functional groups attached to an aromatic ring is 1. The van der Waals surface area contributed by atoms with Crippen LogP contribution in [0, 0.1) is 5.92 Å². The largest absolute Gasteiger partial charge is 0.484 e. The van der Waals surface area contributed by atoms with Gasteiger partial charge in [-0.1, -0.05) is 32.8 Å². The van der Waals surface area contributed by atoms with E-state index in [-0.39, 0.29) is 12.5 Å². The second-order valence-electron chi connectivity index (χ2n) is 5.10. The quantitative estimate of drug-likeness (QED) is 0.560. The Balaban J connectivity index is 2.11. The molecule has 0 aromatic heterocycles. The molecule has 0 atom stereocenters. The molecule has 0 saturated heterocycles. The minimum Gasteiger partial charge on any atom is -0.484 e. The molecule has 0 bridgehead atoms. The molecule has 19 heavy (non-hydrogen) atoms. The molecule has 0 unspecified atom stereocenters. The van der Waals surface area contributed by atoms with Gasteiger partial charge >= 0.3 is 0 Å². The first kappa shape index (κ1) is 15.3. The number of benzene rings is 1. The fraction of sp³-hybridized carbons (Fsp3) is 0.533. The molecule has 3 N–H and O–H groups in total. The van der Waals surface area contributed by atoms with Crippen LogP contribution in [0.15, 0.2) is 24.3 Å². The van der Waals surface area contributed by atoms with Gasteiger partial charge in [-0.15, -0.1) is 0 Å². The van der Waals surface area contributed by atoms with Crippen molar-refractivity contribution < 1.29 is 9.53 Å². The zero-order valence-corrected chi connectivity index (χ0v) is 11.8. The van der Waals surface area contributed by atoms with Crippen LogP contribution < -0.4 is 15.8 Å². The lowest BCUT2D eigenvalue weighted by atomic mass is 10.1. The molecule has 0 fully saturated rings. The predicted octanol–water partition coefficient (Wildman–Crippen LogP) is 2.59. The topological polar surface area (TPSA) is 64.3 Å². The van der Waals surface area contributed by atoms with Gasteiger partial charge in [-0.25, -0.2) is 0 Å². The number of amides is 1. The third-order valence-corrected chi connectivity index (χ3v) is 2.76. The van der Waals surface area contributed by atoms with Crippen LogP contribution in [0.3, 0.4) is 0 Å².